The lowest BCUT2D eigenvalue weighted by molar-refractivity contribution is -0.190. The third-order valence-corrected chi connectivity index (χ3v) is 7.36. The first-order chi connectivity index (χ1) is 20.8. The standard InChI is InChI=1S/C30H27F6N5O3/c31-29(32,33)21-7-9-41(10-8-21)28(43)18-3-4-24(38-15-18)19-11-20-12-22(44-27(20)23(13-19)30(34,35)36)16-40-26(42)6-2-17-1-5-25(37)39-14-17/h1-6,11-15,21,28,43H,7-10,16H2,(H2,37,39)(H,40,42)/b6-2+. The summed E-state index contributed by atoms with van der Waals surface area (Å²) in [6.07, 6.45) is -5.02. The number of amides is 1. The van der Waals surface area contributed by atoms with Crippen molar-refractivity contribution in [2.24, 2.45) is 5.92 Å². The van der Waals surface area contributed by atoms with Gasteiger partial charge in [0.1, 0.15) is 23.4 Å². The number of aliphatic hydroxyl groups is 1. The van der Waals surface area contributed by atoms with E-state index in [0.29, 0.717) is 16.9 Å². The summed E-state index contributed by atoms with van der Waals surface area (Å²) < 4.78 is 86.4. The Labute approximate surface area is 247 Å². The van der Waals surface area contributed by atoms with Crippen LogP contribution in [-0.2, 0) is 17.5 Å². The largest absolute Gasteiger partial charge is 0.459 e. The van der Waals surface area contributed by atoms with Crippen LogP contribution in [0.1, 0.15) is 41.5 Å². The van der Waals surface area contributed by atoms with Gasteiger partial charge in [0.05, 0.1) is 23.7 Å². The monoisotopic (exact) mass is 619 g/mol. The number of alkyl halides is 6. The first-order valence-corrected chi connectivity index (χ1v) is 13.5. The second kappa shape index (κ2) is 12.3. The number of pyridine rings is 2. The third kappa shape index (κ3) is 7.19. The molecule has 1 aliphatic heterocycles. The number of nitrogen functional groups attached to an aromatic ring is 1. The zero-order valence-corrected chi connectivity index (χ0v) is 23.0. The van der Waals surface area contributed by atoms with E-state index in [9.17, 15) is 36.2 Å². The lowest BCUT2D eigenvalue weighted by Gasteiger charge is -2.35. The van der Waals surface area contributed by atoms with Crippen LogP contribution in [0, 0.1) is 5.92 Å². The van der Waals surface area contributed by atoms with E-state index >= 15 is 0 Å². The third-order valence-electron chi connectivity index (χ3n) is 7.36. The van der Waals surface area contributed by atoms with Crippen molar-refractivity contribution in [3.63, 3.8) is 0 Å². The fourth-order valence-corrected chi connectivity index (χ4v) is 4.98. The molecule has 44 heavy (non-hydrogen) atoms. The van der Waals surface area contributed by atoms with Crippen molar-refractivity contribution in [1.29, 1.82) is 0 Å². The van der Waals surface area contributed by atoms with Gasteiger partial charge in [-0.15, -0.1) is 0 Å². The Kier molecular flexibility index (Phi) is 8.66. The van der Waals surface area contributed by atoms with Gasteiger partial charge in [0.2, 0.25) is 5.91 Å². The van der Waals surface area contributed by atoms with Gasteiger partial charge in [-0.3, -0.25) is 14.7 Å². The smallest absolute Gasteiger partial charge is 0.420 e. The maximum atomic E-state index is 14.0. The molecule has 3 aromatic heterocycles. The average Bonchev–Trinajstić information content (AvgIpc) is 3.41. The number of furan rings is 1. The van der Waals surface area contributed by atoms with Gasteiger partial charge in [-0.25, -0.2) is 4.98 Å². The van der Waals surface area contributed by atoms with Gasteiger partial charge >= 0.3 is 12.4 Å². The van der Waals surface area contributed by atoms with Crippen LogP contribution < -0.4 is 11.1 Å². The number of fused-ring (bicyclic) bond motifs is 1. The Morgan fingerprint density at radius 2 is 1.82 bits per heavy atom. The zero-order valence-electron chi connectivity index (χ0n) is 23.0. The van der Waals surface area contributed by atoms with Crippen LogP contribution in [0.15, 0.2) is 65.4 Å². The fourth-order valence-electron chi connectivity index (χ4n) is 4.98. The second-order valence-electron chi connectivity index (χ2n) is 10.4. The van der Waals surface area contributed by atoms with Crippen molar-refractivity contribution in [3.05, 3.63) is 83.4 Å². The molecule has 1 atom stereocenters. The first-order valence-electron chi connectivity index (χ1n) is 13.5. The van der Waals surface area contributed by atoms with E-state index in [-0.39, 0.29) is 54.9 Å². The predicted molar refractivity (Wildman–Crippen MR) is 149 cm³/mol. The quantitative estimate of drug-likeness (QED) is 0.169. The topological polar surface area (TPSA) is 118 Å². The number of rotatable bonds is 7. The minimum atomic E-state index is -4.76. The highest BCUT2D eigenvalue weighted by molar-refractivity contribution is 5.92. The number of piperidine rings is 1. The summed E-state index contributed by atoms with van der Waals surface area (Å²) in [6.45, 7) is -0.0911. The number of nitrogens with one attached hydrogen (secondary N) is 1. The van der Waals surface area contributed by atoms with Gasteiger partial charge in [0.25, 0.3) is 0 Å². The number of halogens is 6. The molecule has 0 aliphatic carbocycles. The number of aliphatic hydroxyl groups excluding tert-OH is 1. The van der Waals surface area contributed by atoms with Crippen LogP contribution in [0.25, 0.3) is 28.3 Å². The molecule has 0 saturated carbocycles. The number of benzene rings is 1. The number of carbonyl (C=O) groups excluding carboxylic acids is 1. The lowest BCUT2D eigenvalue weighted by Crippen LogP contribution is -2.40. The molecule has 1 amide bonds. The summed E-state index contributed by atoms with van der Waals surface area (Å²) in [5.41, 5.74) is 5.34. The Bertz CT molecular complexity index is 1640. The highest BCUT2D eigenvalue weighted by Gasteiger charge is 2.42. The number of nitrogens with two attached hydrogens (primary N) is 1. The molecule has 1 unspecified atom stereocenters. The molecule has 4 heterocycles. The molecule has 1 saturated heterocycles. The number of likely N-dealkylation sites (tertiary alicyclic amines) is 1. The molecule has 1 aromatic carbocycles. The molecule has 8 nitrogen and oxygen atoms in total. The van der Waals surface area contributed by atoms with Crippen molar-refractivity contribution < 1.29 is 40.7 Å². The second-order valence-corrected chi connectivity index (χ2v) is 10.4. The summed E-state index contributed by atoms with van der Waals surface area (Å²) in [5.74, 6) is -1.50. The van der Waals surface area contributed by atoms with Gasteiger partial charge in [-0.2, -0.15) is 26.3 Å². The molecule has 0 spiro atoms. The minimum Gasteiger partial charge on any atom is -0.459 e. The Hall–Kier alpha value is -4.43. The van der Waals surface area contributed by atoms with E-state index in [1.807, 2.05) is 0 Å². The maximum absolute atomic E-state index is 14.0. The fraction of sp³-hybridized carbons (Fsp3) is 0.300. The Balaban J connectivity index is 1.30. The van der Waals surface area contributed by atoms with Gasteiger partial charge in [-0.1, -0.05) is 6.07 Å². The van der Waals surface area contributed by atoms with Gasteiger partial charge in [0, 0.05) is 48.1 Å². The summed E-state index contributed by atoms with van der Waals surface area (Å²) in [7, 11) is 0. The Morgan fingerprint density at radius 3 is 2.43 bits per heavy atom. The van der Waals surface area contributed by atoms with Crippen molar-refractivity contribution >= 4 is 28.8 Å². The number of anilines is 1. The van der Waals surface area contributed by atoms with Gasteiger partial charge in [0.15, 0.2) is 0 Å². The average molecular weight is 620 g/mol. The van der Waals surface area contributed by atoms with Gasteiger partial charge < -0.3 is 20.6 Å². The molecule has 232 valence electrons. The van der Waals surface area contributed by atoms with Crippen LogP contribution in [0.3, 0.4) is 0 Å². The maximum Gasteiger partial charge on any atom is 0.420 e. The highest BCUT2D eigenvalue weighted by Crippen LogP contribution is 2.40. The molecule has 0 radical (unpaired) electrons. The van der Waals surface area contributed by atoms with E-state index in [1.54, 1.807) is 12.1 Å². The first kappa shape index (κ1) is 31.0. The van der Waals surface area contributed by atoms with Crippen LogP contribution in [0.5, 0.6) is 0 Å². The molecular weight excluding hydrogens is 592 g/mol. The molecule has 4 aromatic rings. The van der Waals surface area contributed by atoms with Crippen LogP contribution in [0.2, 0.25) is 0 Å². The lowest BCUT2D eigenvalue weighted by atomic mass is 9.95. The van der Waals surface area contributed by atoms with Crippen molar-refractivity contribution in [1.82, 2.24) is 20.2 Å². The van der Waals surface area contributed by atoms with Crippen LogP contribution in [0.4, 0.5) is 32.2 Å². The van der Waals surface area contributed by atoms with E-state index < -0.39 is 41.6 Å². The summed E-state index contributed by atoms with van der Waals surface area (Å²) >= 11 is 0. The molecule has 4 N–H and O–H groups in total. The van der Waals surface area contributed by atoms with E-state index in [2.05, 4.69) is 15.3 Å². The summed E-state index contributed by atoms with van der Waals surface area (Å²) in [6, 6.07) is 9.91. The zero-order chi connectivity index (χ0) is 31.6. The van der Waals surface area contributed by atoms with Crippen LogP contribution in [-0.4, -0.2) is 45.1 Å². The van der Waals surface area contributed by atoms with Crippen molar-refractivity contribution in [2.75, 3.05) is 18.8 Å². The van der Waals surface area contributed by atoms with Crippen molar-refractivity contribution in [2.45, 2.75) is 38.0 Å². The van der Waals surface area contributed by atoms with Crippen LogP contribution >= 0.6 is 0 Å². The number of carbonyl (C=O) groups is 1. The van der Waals surface area contributed by atoms with E-state index in [1.165, 1.54) is 53.7 Å². The molecule has 1 fully saturated rings. The number of aromatic nitrogens is 2. The highest BCUT2D eigenvalue weighted by atomic mass is 19.4. The van der Waals surface area contributed by atoms with E-state index in [0.717, 1.165) is 6.07 Å². The predicted octanol–water partition coefficient (Wildman–Crippen LogP) is 6.09. The number of nitrogens with zero attached hydrogens (tertiary/aromatic N) is 3. The SMILES string of the molecule is Nc1ccc(/C=C/C(=O)NCc2cc3cc(-c4ccc(C(O)N5CCC(C(F)(F)F)CC5)cn4)cc(C(F)(F)F)c3o2)cn1. The number of hydrogen-bond donors (Lipinski definition) is 3. The molecule has 14 heteroatoms. The summed E-state index contributed by atoms with van der Waals surface area (Å²) in [4.78, 5) is 21.9. The molecular formula is C30H27F6N5O3. The molecule has 0 bridgehead atoms. The number of hydrogen-bond acceptors (Lipinski definition) is 7. The molecule has 1 aliphatic rings. The summed E-state index contributed by atoms with van der Waals surface area (Å²) in [5, 5.41) is 13.4. The van der Waals surface area contributed by atoms with Crippen molar-refractivity contribution in [3.8, 4) is 11.3 Å². The minimum absolute atomic E-state index is 0.0400. The molecule has 5 rings (SSSR count). The Morgan fingerprint density at radius 1 is 1.07 bits per heavy atom. The normalized spacial score (nSPS) is 16.1. The van der Waals surface area contributed by atoms with Gasteiger partial charge in [-0.05, 0) is 60.9 Å². The van der Waals surface area contributed by atoms with E-state index in [4.69, 9.17) is 10.2 Å².